The minimum absolute atomic E-state index is 0.417. The highest BCUT2D eigenvalue weighted by atomic mass is 14.8. The number of hydrogen-bond donors (Lipinski definition) is 2. The summed E-state index contributed by atoms with van der Waals surface area (Å²) in [5.74, 6) is 0.417. The number of nitrogens with zero attached hydrogens (tertiary/aromatic N) is 1. The van der Waals surface area contributed by atoms with Crippen molar-refractivity contribution >= 4 is 16.6 Å². The number of hydrogen-bond acceptors (Lipinski definition) is 2. The third kappa shape index (κ3) is 1.52. The summed E-state index contributed by atoms with van der Waals surface area (Å²) in [5.41, 5.74) is 8.07. The number of nitriles is 1. The van der Waals surface area contributed by atoms with Gasteiger partial charge in [0.05, 0.1) is 0 Å². The number of nitrogens with one attached hydrogen (secondary N) is 1. The second-order valence-electron chi connectivity index (χ2n) is 4.16. The van der Waals surface area contributed by atoms with Crippen LogP contribution in [0.2, 0.25) is 0 Å². The van der Waals surface area contributed by atoms with Crippen molar-refractivity contribution in [2.75, 3.05) is 5.73 Å². The van der Waals surface area contributed by atoms with Gasteiger partial charge in [0, 0.05) is 11.8 Å². The lowest BCUT2D eigenvalue weighted by Gasteiger charge is -2.02. The van der Waals surface area contributed by atoms with E-state index in [1.807, 2.05) is 18.2 Å². The normalized spacial score (nSPS) is 10.4. The molecule has 3 rings (SSSR count). The molecule has 0 bridgehead atoms. The second-order valence-corrected chi connectivity index (χ2v) is 4.16. The Labute approximate surface area is 104 Å². The van der Waals surface area contributed by atoms with Crippen molar-refractivity contribution in [1.29, 1.82) is 5.26 Å². The molecule has 2 aromatic carbocycles. The van der Waals surface area contributed by atoms with Crippen molar-refractivity contribution in [2.45, 2.75) is 0 Å². The monoisotopic (exact) mass is 233 g/mol. The fraction of sp³-hybridized carbons (Fsp3) is 0. The molecule has 18 heavy (non-hydrogen) atoms. The van der Waals surface area contributed by atoms with Crippen molar-refractivity contribution in [3.63, 3.8) is 0 Å². The third-order valence-corrected chi connectivity index (χ3v) is 3.08. The first-order valence-electron chi connectivity index (χ1n) is 5.66. The molecule has 0 aliphatic heterocycles. The van der Waals surface area contributed by atoms with Gasteiger partial charge < -0.3 is 10.7 Å². The molecule has 1 aromatic heterocycles. The van der Waals surface area contributed by atoms with E-state index in [-0.39, 0.29) is 0 Å². The number of fused-ring (bicyclic) bond motifs is 1. The van der Waals surface area contributed by atoms with Crippen LogP contribution >= 0.6 is 0 Å². The molecule has 0 amide bonds. The summed E-state index contributed by atoms with van der Waals surface area (Å²) in [6.07, 6.45) is 1.78. The molecule has 0 saturated heterocycles. The molecule has 3 N–H and O–H groups in total. The number of aromatic nitrogens is 1. The molecule has 0 atom stereocenters. The minimum atomic E-state index is 0.417. The van der Waals surface area contributed by atoms with Crippen LogP contribution in [0.25, 0.3) is 21.9 Å². The van der Waals surface area contributed by atoms with E-state index in [4.69, 9.17) is 11.0 Å². The van der Waals surface area contributed by atoms with Gasteiger partial charge >= 0.3 is 0 Å². The molecule has 0 saturated carbocycles. The summed E-state index contributed by atoms with van der Waals surface area (Å²) < 4.78 is 0. The molecule has 3 heteroatoms. The molecular weight excluding hydrogens is 222 g/mol. The first-order chi connectivity index (χ1) is 8.79. The van der Waals surface area contributed by atoms with E-state index in [1.165, 1.54) is 5.39 Å². The average Bonchev–Trinajstić information content (AvgIpc) is 2.79. The molecule has 3 nitrogen and oxygen atoms in total. The summed E-state index contributed by atoms with van der Waals surface area (Å²) in [7, 11) is 0. The zero-order chi connectivity index (χ0) is 12.5. The topological polar surface area (TPSA) is 65.6 Å². The quantitative estimate of drug-likeness (QED) is 0.677. The summed E-state index contributed by atoms with van der Waals surface area (Å²) in [6, 6.07) is 16.4. The summed E-state index contributed by atoms with van der Waals surface area (Å²) in [4.78, 5) is 2.89. The zero-order valence-electron chi connectivity index (χ0n) is 9.64. The standard InChI is InChI=1S/C15H11N3/c16-8-13-14(9-18-15(13)17)12-6-5-10-3-1-2-4-11(10)7-12/h1-7,9,18H,17H2. The van der Waals surface area contributed by atoms with Gasteiger partial charge in [0.25, 0.3) is 0 Å². The van der Waals surface area contributed by atoms with Crippen molar-refractivity contribution in [2.24, 2.45) is 0 Å². The Bertz CT molecular complexity index is 763. The van der Waals surface area contributed by atoms with Crippen LogP contribution in [-0.2, 0) is 0 Å². The SMILES string of the molecule is N#Cc1c(-c2ccc3ccccc3c2)c[nH]c1N. The first kappa shape index (κ1) is 10.4. The number of H-pyrrole nitrogens is 1. The van der Waals surface area contributed by atoms with Crippen LogP contribution < -0.4 is 5.73 Å². The summed E-state index contributed by atoms with van der Waals surface area (Å²) >= 11 is 0. The Morgan fingerprint density at radius 3 is 2.61 bits per heavy atom. The van der Waals surface area contributed by atoms with Crippen LogP contribution in [0.15, 0.2) is 48.7 Å². The van der Waals surface area contributed by atoms with Crippen molar-refractivity contribution < 1.29 is 0 Å². The maximum atomic E-state index is 9.11. The second kappa shape index (κ2) is 3.94. The van der Waals surface area contributed by atoms with Crippen LogP contribution in [0.4, 0.5) is 5.82 Å². The fourth-order valence-electron chi connectivity index (χ4n) is 2.14. The maximum absolute atomic E-state index is 9.11. The predicted octanol–water partition coefficient (Wildman–Crippen LogP) is 3.29. The average molecular weight is 233 g/mol. The lowest BCUT2D eigenvalue weighted by molar-refractivity contribution is 1.40. The molecular formula is C15H11N3. The lowest BCUT2D eigenvalue weighted by Crippen LogP contribution is -1.87. The number of nitrogen functional groups attached to an aromatic ring is 1. The molecule has 86 valence electrons. The smallest absolute Gasteiger partial charge is 0.119 e. The number of rotatable bonds is 1. The van der Waals surface area contributed by atoms with Crippen LogP contribution in [0, 0.1) is 11.3 Å². The molecule has 0 aliphatic carbocycles. The van der Waals surface area contributed by atoms with E-state index >= 15 is 0 Å². The largest absolute Gasteiger partial charge is 0.384 e. The van der Waals surface area contributed by atoms with Crippen LogP contribution in [-0.4, -0.2) is 4.98 Å². The van der Waals surface area contributed by atoms with E-state index < -0.39 is 0 Å². The van der Waals surface area contributed by atoms with Gasteiger partial charge in [0.15, 0.2) is 0 Å². The van der Waals surface area contributed by atoms with E-state index in [2.05, 4.69) is 35.3 Å². The van der Waals surface area contributed by atoms with E-state index in [1.54, 1.807) is 6.20 Å². The van der Waals surface area contributed by atoms with Gasteiger partial charge in [-0.05, 0) is 22.4 Å². The van der Waals surface area contributed by atoms with Gasteiger partial charge in [-0.25, -0.2) is 0 Å². The van der Waals surface area contributed by atoms with Gasteiger partial charge in [-0.3, -0.25) is 0 Å². The Kier molecular flexibility index (Phi) is 2.28. The van der Waals surface area contributed by atoms with Crippen molar-refractivity contribution in [1.82, 2.24) is 4.98 Å². The number of benzene rings is 2. The Hall–Kier alpha value is -2.73. The molecule has 0 unspecified atom stereocenters. The molecule has 0 aliphatic rings. The molecule has 0 fully saturated rings. The van der Waals surface area contributed by atoms with Crippen LogP contribution in [0.5, 0.6) is 0 Å². The minimum Gasteiger partial charge on any atom is -0.384 e. The highest BCUT2D eigenvalue weighted by Gasteiger charge is 2.10. The van der Waals surface area contributed by atoms with E-state index in [0.29, 0.717) is 11.4 Å². The van der Waals surface area contributed by atoms with Gasteiger partial charge in [-0.2, -0.15) is 5.26 Å². The van der Waals surface area contributed by atoms with Gasteiger partial charge in [-0.15, -0.1) is 0 Å². The van der Waals surface area contributed by atoms with E-state index in [0.717, 1.165) is 16.5 Å². The van der Waals surface area contributed by atoms with Crippen LogP contribution in [0.1, 0.15) is 5.56 Å². The van der Waals surface area contributed by atoms with E-state index in [9.17, 15) is 0 Å². The highest BCUT2D eigenvalue weighted by Crippen LogP contribution is 2.29. The Balaban J connectivity index is 2.23. The van der Waals surface area contributed by atoms with Gasteiger partial charge in [0.2, 0.25) is 0 Å². The number of anilines is 1. The maximum Gasteiger partial charge on any atom is 0.119 e. The summed E-state index contributed by atoms with van der Waals surface area (Å²) in [6.45, 7) is 0. The van der Waals surface area contributed by atoms with Crippen molar-refractivity contribution in [3.05, 3.63) is 54.2 Å². The van der Waals surface area contributed by atoms with Gasteiger partial charge in [0.1, 0.15) is 17.5 Å². The molecule has 1 heterocycles. The van der Waals surface area contributed by atoms with Crippen LogP contribution in [0.3, 0.4) is 0 Å². The Morgan fingerprint density at radius 1 is 1.06 bits per heavy atom. The van der Waals surface area contributed by atoms with Crippen molar-refractivity contribution in [3.8, 4) is 17.2 Å². The fourth-order valence-corrected chi connectivity index (χ4v) is 2.14. The number of nitrogens with two attached hydrogens (primary N) is 1. The zero-order valence-corrected chi connectivity index (χ0v) is 9.64. The Morgan fingerprint density at radius 2 is 1.83 bits per heavy atom. The first-order valence-corrected chi connectivity index (χ1v) is 5.66. The predicted molar refractivity (Wildman–Crippen MR) is 72.9 cm³/mol. The highest BCUT2D eigenvalue weighted by molar-refractivity contribution is 5.89. The lowest BCUT2D eigenvalue weighted by atomic mass is 10.0. The molecule has 3 aromatic rings. The summed E-state index contributed by atoms with van der Waals surface area (Å²) in [5, 5.41) is 11.4. The third-order valence-electron chi connectivity index (χ3n) is 3.08. The molecule has 0 spiro atoms. The van der Waals surface area contributed by atoms with Gasteiger partial charge in [-0.1, -0.05) is 36.4 Å². The molecule has 0 radical (unpaired) electrons. The number of aromatic amines is 1.